The Morgan fingerprint density at radius 3 is 2.76 bits per heavy atom. The summed E-state index contributed by atoms with van der Waals surface area (Å²) in [4.78, 5) is 12.5. The Bertz CT molecular complexity index is 390. The molecule has 0 radical (unpaired) electrons. The summed E-state index contributed by atoms with van der Waals surface area (Å²) in [6, 6.07) is 9.64. The first kappa shape index (κ1) is 12.3. The second kappa shape index (κ2) is 4.98. The van der Waals surface area contributed by atoms with Crippen LogP contribution in [-0.4, -0.2) is 44.1 Å². The molecule has 17 heavy (non-hydrogen) atoms. The van der Waals surface area contributed by atoms with E-state index in [0.29, 0.717) is 10.4 Å². The fourth-order valence-electron chi connectivity index (χ4n) is 2.75. The molecule has 0 aliphatic carbocycles. The third-order valence-corrected chi connectivity index (χ3v) is 3.70. The van der Waals surface area contributed by atoms with Crippen LogP contribution >= 0.6 is 0 Å². The number of hydrogen-bond donors (Lipinski definition) is 1. The highest BCUT2D eigenvalue weighted by Gasteiger charge is 2.40. The van der Waals surface area contributed by atoms with Crippen molar-refractivity contribution in [1.82, 2.24) is 5.32 Å². The minimum atomic E-state index is 0.254. The van der Waals surface area contributed by atoms with E-state index in [1.165, 1.54) is 0 Å². The molecule has 1 aliphatic heterocycles. The van der Waals surface area contributed by atoms with E-state index in [-0.39, 0.29) is 5.91 Å². The average Bonchev–Trinajstić information content (AvgIpc) is 2.73. The van der Waals surface area contributed by atoms with Gasteiger partial charge in [0.05, 0.1) is 25.7 Å². The van der Waals surface area contributed by atoms with Gasteiger partial charge in [0.2, 0.25) is 0 Å². The van der Waals surface area contributed by atoms with Crippen molar-refractivity contribution < 1.29 is 9.28 Å². The van der Waals surface area contributed by atoms with E-state index in [0.717, 1.165) is 31.6 Å². The van der Waals surface area contributed by atoms with Crippen molar-refractivity contribution in [3.8, 4) is 0 Å². The molecule has 1 aliphatic rings. The van der Waals surface area contributed by atoms with Crippen LogP contribution in [-0.2, 0) is 0 Å². The Kier molecular flexibility index (Phi) is 3.60. The number of likely N-dealkylation sites (tertiary alicyclic amines) is 1. The highest BCUT2D eigenvalue weighted by atomic mass is 16.2. The highest BCUT2D eigenvalue weighted by Crippen LogP contribution is 2.24. The van der Waals surface area contributed by atoms with Crippen LogP contribution in [0.4, 0.5) is 0 Å². The van der Waals surface area contributed by atoms with Gasteiger partial charge in [0.1, 0.15) is 0 Å². The molecular formula is C14H21N2O+. The minimum Gasteiger partial charge on any atom is -0.319 e. The summed E-state index contributed by atoms with van der Waals surface area (Å²) in [5.74, 6) is 0.877. The van der Waals surface area contributed by atoms with E-state index in [2.05, 4.69) is 12.4 Å². The lowest BCUT2D eigenvalue weighted by molar-refractivity contribution is -0.816. The summed E-state index contributed by atoms with van der Waals surface area (Å²) in [6.07, 6.45) is 1.13. The lowest BCUT2D eigenvalue weighted by Crippen LogP contribution is -2.47. The molecule has 2 unspecified atom stereocenters. The number of amides is 1. The zero-order valence-electron chi connectivity index (χ0n) is 10.6. The Morgan fingerprint density at radius 2 is 2.12 bits per heavy atom. The SMILES string of the molecule is CNCC1CC[N+](C)(C(=O)c2ccccc2)C1. The topological polar surface area (TPSA) is 29.1 Å². The van der Waals surface area contributed by atoms with Gasteiger partial charge in [-0.15, -0.1) is 0 Å². The largest absolute Gasteiger partial charge is 0.345 e. The molecule has 0 spiro atoms. The average molecular weight is 233 g/mol. The first-order valence-corrected chi connectivity index (χ1v) is 6.25. The maximum absolute atomic E-state index is 12.5. The second-order valence-electron chi connectivity index (χ2n) is 5.19. The zero-order valence-corrected chi connectivity index (χ0v) is 10.6. The van der Waals surface area contributed by atoms with Gasteiger partial charge in [-0.05, 0) is 19.2 Å². The molecule has 3 heteroatoms. The van der Waals surface area contributed by atoms with Gasteiger partial charge in [0, 0.05) is 18.9 Å². The van der Waals surface area contributed by atoms with Crippen LogP contribution in [0.5, 0.6) is 0 Å². The number of rotatable bonds is 3. The summed E-state index contributed by atoms with van der Waals surface area (Å²) < 4.78 is 0.552. The van der Waals surface area contributed by atoms with Gasteiger partial charge in [-0.1, -0.05) is 18.2 Å². The predicted molar refractivity (Wildman–Crippen MR) is 68.7 cm³/mol. The fourth-order valence-corrected chi connectivity index (χ4v) is 2.75. The van der Waals surface area contributed by atoms with E-state index in [1.54, 1.807) is 0 Å². The van der Waals surface area contributed by atoms with Crippen LogP contribution < -0.4 is 5.32 Å². The molecule has 1 fully saturated rings. The van der Waals surface area contributed by atoms with Crippen LogP contribution in [0.2, 0.25) is 0 Å². The maximum atomic E-state index is 12.5. The molecule has 0 aromatic heterocycles. The van der Waals surface area contributed by atoms with E-state index < -0.39 is 0 Å². The van der Waals surface area contributed by atoms with Crippen LogP contribution in [0.25, 0.3) is 0 Å². The number of nitrogens with zero attached hydrogens (tertiary/aromatic N) is 1. The smallest absolute Gasteiger partial charge is 0.319 e. The standard InChI is InChI=1S/C14H21N2O/c1-15-10-12-8-9-16(2,11-12)14(17)13-6-4-3-5-7-13/h3-7,12,15H,8-11H2,1-2H3/q+1. The van der Waals surface area contributed by atoms with Crippen molar-refractivity contribution >= 4 is 5.91 Å². The predicted octanol–water partition coefficient (Wildman–Crippen LogP) is 1.51. The minimum absolute atomic E-state index is 0.254. The maximum Gasteiger partial charge on any atom is 0.345 e. The Hall–Kier alpha value is -1.19. The zero-order chi connectivity index (χ0) is 12.3. The van der Waals surface area contributed by atoms with Crippen molar-refractivity contribution in [2.75, 3.05) is 33.7 Å². The fraction of sp³-hybridized carbons (Fsp3) is 0.500. The molecule has 92 valence electrons. The van der Waals surface area contributed by atoms with Crippen molar-refractivity contribution in [3.63, 3.8) is 0 Å². The summed E-state index contributed by atoms with van der Waals surface area (Å²) in [5, 5.41) is 3.20. The summed E-state index contributed by atoms with van der Waals surface area (Å²) in [5.41, 5.74) is 0.833. The number of carbonyl (C=O) groups excluding carboxylic acids is 1. The van der Waals surface area contributed by atoms with E-state index >= 15 is 0 Å². The van der Waals surface area contributed by atoms with Crippen molar-refractivity contribution in [3.05, 3.63) is 35.9 Å². The van der Waals surface area contributed by atoms with Crippen LogP contribution in [0.3, 0.4) is 0 Å². The molecule has 0 bridgehead atoms. The highest BCUT2D eigenvalue weighted by molar-refractivity contribution is 5.88. The van der Waals surface area contributed by atoms with E-state index in [1.807, 2.05) is 37.4 Å². The second-order valence-corrected chi connectivity index (χ2v) is 5.19. The van der Waals surface area contributed by atoms with Gasteiger partial charge in [-0.2, -0.15) is 0 Å². The summed E-state index contributed by atoms with van der Waals surface area (Å²) >= 11 is 0. The first-order valence-electron chi connectivity index (χ1n) is 6.25. The van der Waals surface area contributed by atoms with Crippen LogP contribution in [0.15, 0.2) is 30.3 Å². The van der Waals surface area contributed by atoms with Crippen LogP contribution in [0, 0.1) is 5.92 Å². The lowest BCUT2D eigenvalue weighted by Gasteiger charge is -2.26. The van der Waals surface area contributed by atoms with E-state index in [4.69, 9.17) is 0 Å². The quantitative estimate of drug-likeness (QED) is 0.802. The molecule has 1 aromatic carbocycles. The molecule has 1 saturated heterocycles. The molecule has 1 N–H and O–H groups in total. The van der Waals surface area contributed by atoms with E-state index in [9.17, 15) is 4.79 Å². The van der Waals surface area contributed by atoms with Crippen molar-refractivity contribution in [2.45, 2.75) is 6.42 Å². The Balaban J connectivity index is 2.10. The van der Waals surface area contributed by atoms with Gasteiger partial charge < -0.3 is 5.32 Å². The Labute approximate surface area is 103 Å². The Morgan fingerprint density at radius 1 is 1.41 bits per heavy atom. The molecule has 1 amide bonds. The summed E-state index contributed by atoms with van der Waals surface area (Å²) in [6.45, 7) is 2.92. The normalized spacial score (nSPS) is 28.2. The van der Waals surface area contributed by atoms with Crippen molar-refractivity contribution in [1.29, 1.82) is 0 Å². The molecule has 3 nitrogen and oxygen atoms in total. The molecule has 0 saturated carbocycles. The molecule has 1 aromatic rings. The van der Waals surface area contributed by atoms with Gasteiger partial charge in [-0.25, -0.2) is 4.79 Å². The van der Waals surface area contributed by atoms with Crippen molar-refractivity contribution in [2.24, 2.45) is 5.92 Å². The molecular weight excluding hydrogens is 212 g/mol. The number of hydrogen-bond acceptors (Lipinski definition) is 2. The third-order valence-electron chi connectivity index (χ3n) is 3.70. The van der Waals surface area contributed by atoms with Gasteiger partial charge in [-0.3, -0.25) is 4.48 Å². The summed E-state index contributed by atoms with van der Waals surface area (Å²) in [7, 11) is 4.03. The van der Waals surface area contributed by atoms with Gasteiger partial charge in [0.25, 0.3) is 0 Å². The number of benzene rings is 1. The number of carbonyl (C=O) groups is 1. The molecule has 2 rings (SSSR count). The number of quaternary nitrogens is 1. The lowest BCUT2D eigenvalue weighted by atomic mass is 10.1. The third kappa shape index (κ3) is 2.56. The monoisotopic (exact) mass is 233 g/mol. The number of nitrogens with one attached hydrogen (secondary N) is 1. The van der Waals surface area contributed by atoms with Crippen LogP contribution in [0.1, 0.15) is 16.8 Å². The molecule has 2 atom stereocenters. The molecule has 1 heterocycles. The van der Waals surface area contributed by atoms with Gasteiger partial charge in [0.15, 0.2) is 0 Å². The first-order chi connectivity index (χ1) is 8.15. The van der Waals surface area contributed by atoms with Gasteiger partial charge >= 0.3 is 5.91 Å².